The molecule has 0 bridgehead atoms. The lowest BCUT2D eigenvalue weighted by molar-refractivity contribution is -0.167. The number of nitrogens with zero attached hydrogens (tertiary/aromatic N) is 1. The van der Waals surface area contributed by atoms with E-state index in [0.29, 0.717) is 25.9 Å². The molecule has 24 heavy (non-hydrogen) atoms. The fourth-order valence-electron chi connectivity index (χ4n) is 2.70. The molecule has 1 atom stereocenters. The predicted molar refractivity (Wildman–Crippen MR) is 81.6 cm³/mol. The minimum atomic E-state index is -4.91. The summed E-state index contributed by atoms with van der Waals surface area (Å²) >= 11 is 0. The molecule has 0 spiro atoms. The average molecular weight is 344 g/mol. The molecule has 0 saturated carbocycles. The van der Waals surface area contributed by atoms with Crippen LogP contribution in [0.5, 0.6) is 0 Å². The molecule has 0 aliphatic carbocycles. The second-order valence-corrected chi connectivity index (χ2v) is 5.88. The summed E-state index contributed by atoms with van der Waals surface area (Å²) < 4.78 is 36.5. The molecular weight excluding hydrogens is 325 g/mol. The van der Waals surface area contributed by atoms with Gasteiger partial charge in [0.2, 0.25) is 0 Å². The number of piperidine rings is 1. The number of alkyl halides is 3. The van der Waals surface area contributed by atoms with Crippen molar-refractivity contribution in [1.29, 1.82) is 0 Å². The predicted octanol–water partition coefficient (Wildman–Crippen LogP) is 2.53. The molecule has 1 saturated heterocycles. The average Bonchev–Trinajstić information content (AvgIpc) is 2.53. The molecule has 0 aromatic heterocycles. The third kappa shape index (κ3) is 5.23. The Morgan fingerprint density at radius 1 is 1.25 bits per heavy atom. The maximum absolute atomic E-state index is 12.2. The summed E-state index contributed by atoms with van der Waals surface area (Å²) in [6.07, 6.45) is -2.70. The second-order valence-electron chi connectivity index (χ2n) is 5.88. The highest BCUT2D eigenvalue weighted by Crippen LogP contribution is 2.20. The van der Waals surface area contributed by atoms with E-state index in [0.717, 1.165) is 18.5 Å². The summed E-state index contributed by atoms with van der Waals surface area (Å²) in [5, 5.41) is 10.9. The highest BCUT2D eigenvalue weighted by atomic mass is 19.4. The molecule has 1 aromatic rings. The van der Waals surface area contributed by atoms with Crippen molar-refractivity contribution in [2.24, 2.45) is 5.92 Å². The van der Waals surface area contributed by atoms with E-state index in [-0.39, 0.29) is 11.6 Å². The molecule has 1 aromatic carbocycles. The van der Waals surface area contributed by atoms with Gasteiger partial charge in [-0.2, -0.15) is 13.2 Å². The first-order valence-electron chi connectivity index (χ1n) is 7.68. The van der Waals surface area contributed by atoms with Crippen LogP contribution >= 0.6 is 0 Å². The van der Waals surface area contributed by atoms with Crippen LogP contribution in [0.4, 0.5) is 18.9 Å². The van der Waals surface area contributed by atoms with Crippen LogP contribution in [0.3, 0.4) is 0 Å². The van der Waals surface area contributed by atoms with Gasteiger partial charge in [0.05, 0.1) is 5.92 Å². The number of amides is 1. The topological polar surface area (TPSA) is 69.6 Å². The van der Waals surface area contributed by atoms with Crippen molar-refractivity contribution in [2.75, 3.05) is 25.0 Å². The van der Waals surface area contributed by atoms with Gasteiger partial charge in [0, 0.05) is 18.8 Å². The van der Waals surface area contributed by atoms with Crippen molar-refractivity contribution in [3.63, 3.8) is 0 Å². The number of rotatable bonds is 5. The van der Waals surface area contributed by atoms with E-state index < -0.39 is 18.1 Å². The number of aliphatic carboxylic acids is 1. The van der Waals surface area contributed by atoms with Crippen LogP contribution in [-0.4, -0.2) is 47.7 Å². The second kappa shape index (κ2) is 7.65. The van der Waals surface area contributed by atoms with Crippen LogP contribution in [0.15, 0.2) is 24.3 Å². The summed E-state index contributed by atoms with van der Waals surface area (Å²) in [4.78, 5) is 24.0. The fourth-order valence-corrected chi connectivity index (χ4v) is 2.70. The third-order valence-electron chi connectivity index (χ3n) is 4.04. The molecule has 8 heteroatoms. The zero-order valence-corrected chi connectivity index (χ0v) is 13.0. The van der Waals surface area contributed by atoms with E-state index in [2.05, 4.69) is 4.90 Å². The van der Waals surface area contributed by atoms with Gasteiger partial charge in [-0.15, -0.1) is 0 Å². The van der Waals surface area contributed by atoms with E-state index in [4.69, 9.17) is 5.11 Å². The van der Waals surface area contributed by atoms with Crippen LogP contribution in [0.2, 0.25) is 0 Å². The van der Waals surface area contributed by atoms with Gasteiger partial charge in [-0.3, -0.25) is 9.59 Å². The molecule has 132 valence electrons. The highest BCUT2D eigenvalue weighted by Gasteiger charge is 2.38. The Morgan fingerprint density at radius 3 is 2.50 bits per heavy atom. The number of carboxylic acids is 1. The third-order valence-corrected chi connectivity index (χ3v) is 4.04. The van der Waals surface area contributed by atoms with Crippen molar-refractivity contribution >= 4 is 17.6 Å². The monoisotopic (exact) mass is 344 g/mol. The summed E-state index contributed by atoms with van der Waals surface area (Å²) in [6.45, 7) is 2.07. The number of anilines is 1. The van der Waals surface area contributed by atoms with Crippen LogP contribution in [0, 0.1) is 5.92 Å². The van der Waals surface area contributed by atoms with Crippen LogP contribution in [-0.2, 0) is 16.0 Å². The molecule has 1 amide bonds. The van der Waals surface area contributed by atoms with E-state index in [1.165, 1.54) is 12.1 Å². The Balaban J connectivity index is 1.84. The van der Waals surface area contributed by atoms with Gasteiger partial charge in [-0.25, -0.2) is 0 Å². The van der Waals surface area contributed by atoms with Gasteiger partial charge in [-0.05, 0) is 43.5 Å². The van der Waals surface area contributed by atoms with Crippen LogP contribution < -0.4 is 5.32 Å². The molecule has 5 nitrogen and oxygen atoms in total. The van der Waals surface area contributed by atoms with Crippen LogP contribution in [0.25, 0.3) is 0 Å². The zero-order chi connectivity index (χ0) is 17.7. The van der Waals surface area contributed by atoms with Gasteiger partial charge >= 0.3 is 18.1 Å². The number of halogens is 3. The van der Waals surface area contributed by atoms with E-state index in [1.54, 1.807) is 17.4 Å². The molecule has 0 radical (unpaired) electrons. The molecule has 1 fully saturated rings. The van der Waals surface area contributed by atoms with E-state index >= 15 is 0 Å². The number of carboxylic acid groups (broad SMARTS) is 1. The Morgan fingerprint density at radius 2 is 1.92 bits per heavy atom. The van der Waals surface area contributed by atoms with Gasteiger partial charge in [0.25, 0.3) is 0 Å². The largest absolute Gasteiger partial charge is 0.481 e. The molecule has 1 aliphatic rings. The minimum Gasteiger partial charge on any atom is -0.481 e. The first-order valence-corrected chi connectivity index (χ1v) is 7.68. The fraction of sp³-hybridized carbons (Fsp3) is 0.500. The minimum absolute atomic E-state index is 0.0880. The van der Waals surface area contributed by atoms with Crippen LogP contribution in [0.1, 0.15) is 18.4 Å². The lowest BCUT2D eigenvalue weighted by atomic mass is 9.98. The molecule has 1 heterocycles. The normalized spacial score (nSPS) is 19.0. The molecule has 2 N–H and O–H groups in total. The smallest absolute Gasteiger partial charge is 0.471 e. The maximum Gasteiger partial charge on any atom is 0.471 e. The van der Waals surface area contributed by atoms with Gasteiger partial charge in [0.1, 0.15) is 0 Å². The van der Waals surface area contributed by atoms with Crippen molar-refractivity contribution in [3.8, 4) is 0 Å². The number of carbonyl (C=O) groups is 2. The lowest BCUT2D eigenvalue weighted by Gasteiger charge is -2.30. The molecule has 1 unspecified atom stereocenters. The lowest BCUT2D eigenvalue weighted by Crippen LogP contribution is -2.39. The van der Waals surface area contributed by atoms with Gasteiger partial charge < -0.3 is 15.3 Å². The Hall–Kier alpha value is -2.09. The summed E-state index contributed by atoms with van der Waals surface area (Å²) in [6, 6.07) is 6.17. The van der Waals surface area contributed by atoms with E-state index in [1.807, 2.05) is 0 Å². The number of benzene rings is 1. The maximum atomic E-state index is 12.2. The summed E-state index contributed by atoms with van der Waals surface area (Å²) in [5.41, 5.74) is 1.00. The Bertz CT molecular complexity index is 587. The van der Waals surface area contributed by atoms with Crippen molar-refractivity contribution in [2.45, 2.75) is 25.4 Å². The highest BCUT2D eigenvalue weighted by molar-refractivity contribution is 5.94. The first kappa shape index (κ1) is 18.3. The SMILES string of the molecule is O=C(O)C1CCCN(CCc2ccc(NC(=O)C(F)(F)F)cc2)C1. The summed E-state index contributed by atoms with van der Waals surface area (Å²) in [5.74, 6) is -3.11. The number of carbonyl (C=O) groups excluding carboxylic acids is 1. The number of hydrogen-bond donors (Lipinski definition) is 2. The number of hydrogen-bond acceptors (Lipinski definition) is 3. The number of nitrogens with one attached hydrogen (secondary N) is 1. The zero-order valence-electron chi connectivity index (χ0n) is 13.0. The van der Waals surface area contributed by atoms with Gasteiger partial charge in [-0.1, -0.05) is 12.1 Å². The molecule has 2 rings (SSSR count). The molecule has 1 aliphatic heterocycles. The van der Waals surface area contributed by atoms with E-state index in [9.17, 15) is 22.8 Å². The summed E-state index contributed by atoms with van der Waals surface area (Å²) in [7, 11) is 0. The van der Waals surface area contributed by atoms with Crippen molar-refractivity contribution in [1.82, 2.24) is 4.90 Å². The standard InChI is InChI=1S/C16H19F3N2O3/c17-16(18,19)15(24)20-13-5-3-11(4-6-13)7-9-21-8-1-2-12(10-21)14(22)23/h3-6,12H,1-2,7-10H2,(H,20,24)(H,22,23). The Labute approximate surface area is 137 Å². The van der Waals surface area contributed by atoms with Crippen molar-refractivity contribution in [3.05, 3.63) is 29.8 Å². The first-order chi connectivity index (χ1) is 11.3. The molecular formula is C16H19F3N2O3. The Kier molecular flexibility index (Phi) is 5.82. The van der Waals surface area contributed by atoms with Crippen molar-refractivity contribution < 1.29 is 27.9 Å². The quantitative estimate of drug-likeness (QED) is 0.861. The number of likely N-dealkylation sites (tertiary alicyclic amines) is 1. The van der Waals surface area contributed by atoms with Gasteiger partial charge in [0.15, 0.2) is 0 Å².